The Balaban J connectivity index is 1.87. The second-order valence-corrected chi connectivity index (χ2v) is 6.34. The molecule has 0 bridgehead atoms. The molecule has 2 rings (SSSR count). The minimum absolute atomic E-state index is 0.0995. The van der Waals surface area contributed by atoms with Crippen LogP contribution in [0, 0.1) is 12.3 Å². The molecule has 5 nitrogen and oxygen atoms in total. The van der Waals surface area contributed by atoms with Crippen LogP contribution < -0.4 is 4.74 Å². The van der Waals surface area contributed by atoms with Crippen LogP contribution in [-0.2, 0) is 4.79 Å². The van der Waals surface area contributed by atoms with Crippen LogP contribution in [0.5, 0.6) is 5.88 Å². The second kappa shape index (κ2) is 6.60. The number of amides is 1. The molecule has 0 aromatic carbocycles. The van der Waals surface area contributed by atoms with E-state index in [0.29, 0.717) is 30.7 Å². The van der Waals surface area contributed by atoms with E-state index in [1.54, 1.807) is 12.3 Å². The van der Waals surface area contributed by atoms with Gasteiger partial charge in [0.2, 0.25) is 11.8 Å². The molecule has 1 aliphatic heterocycles. The number of rotatable bonds is 4. The average Bonchev–Trinajstić information content (AvgIpc) is 2.47. The Bertz CT molecular complexity index is 499. The Morgan fingerprint density at radius 1 is 1.48 bits per heavy atom. The number of nitrogens with zero attached hydrogens (tertiary/aromatic N) is 3. The van der Waals surface area contributed by atoms with E-state index >= 15 is 0 Å². The van der Waals surface area contributed by atoms with Crippen molar-refractivity contribution in [3.63, 3.8) is 0 Å². The number of carbonyl (C=O) groups excluding carboxylic acids is 1. The second-order valence-electron chi connectivity index (χ2n) is 6.07. The summed E-state index contributed by atoms with van der Waals surface area (Å²) >= 11 is 5.87. The fraction of sp³-hybridized carbons (Fsp3) is 0.667. The topological polar surface area (TPSA) is 55.3 Å². The Hall–Kier alpha value is -1.36. The number of halogens is 1. The lowest BCUT2D eigenvalue weighted by Crippen LogP contribution is -2.47. The van der Waals surface area contributed by atoms with Crippen LogP contribution in [-0.4, -0.2) is 45.8 Å². The van der Waals surface area contributed by atoms with Crippen LogP contribution in [0.4, 0.5) is 0 Å². The third-order valence-corrected chi connectivity index (χ3v) is 4.35. The predicted molar refractivity (Wildman–Crippen MR) is 81.5 cm³/mol. The number of ether oxygens (including phenoxy) is 1. The summed E-state index contributed by atoms with van der Waals surface area (Å²) in [6.07, 6.45) is 3.42. The predicted octanol–water partition coefficient (Wildman–Crippen LogP) is 2.42. The van der Waals surface area contributed by atoms with E-state index in [2.05, 4.69) is 9.97 Å². The standard InChI is InChI=1S/C15H22ClN3O2/c1-11-17-7-4-13(18-11)21-12-5-8-19(9-6-12)14(20)15(2,3)10-16/h4,7,12H,5-6,8-10H2,1-3H3. The van der Waals surface area contributed by atoms with Crippen molar-refractivity contribution < 1.29 is 9.53 Å². The Labute approximate surface area is 130 Å². The minimum atomic E-state index is -0.501. The van der Waals surface area contributed by atoms with Gasteiger partial charge in [-0.3, -0.25) is 4.79 Å². The van der Waals surface area contributed by atoms with Gasteiger partial charge in [0.25, 0.3) is 0 Å². The van der Waals surface area contributed by atoms with Gasteiger partial charge in [0, 0.05) is 44.1 Å². The number of hydrogen-bond donors (Lipinski definition) is 0. The molecule has 1 amide bonds. The molecule has 0 saturated carbocycles. The van der Waals surface area contributed by atoms with E-state index in [1.165, 1.54) is 0 Å². The summed E-state index contributed by atoms with van der Waals surface area (Å²) in [5.74, 6) is 1.76. The first-order valence-electron chi connectivity index (χ1n) is 7.24. The highest BCUT2D eigenvalue weighted by atomic mass is 35.5. The highest BCUT2D eigenvalue weighted by molar-refractivity contribution is 6.19. The molecule has 1 aliphatic rings. The van der Waals surface area contributed by atoms with Gasteiger partial charge in [0.15, 0.2) is 0 Å². The van der Waals surface area contributed by atoms with Crippen molar-refractivity contribution in [2.45, 2.75) is 39.7 Å². The molecule has 0 atom stereocenters. The van der Waals surface area contributed by atoms with Gasteiger partial charge in [0.1, 0.15) is 11.9 Å². The van der Waals surface area contributed by atoms with Crippen molar-refractivity contribution in [3.05, 3.63) is 18.1 Å². The molecule has 2 heterocycles. The van der Waals surface area contributed by atoms with Crippen molar-refractivity contribution in [1.82, 2.24) is 14.9 Å². The molecular weight excluding hydrogens is 290 g/mol. The van der Waals surface area contributed by atoms with Crippen LogP contribution in [0.15, 0.2) is 12.3 Å². The molecule has 1 saturated heterocycles. The van der Waals surface area contributed by atoms with E-state index in [0.717, 1.165) is 12.8 Å². The lowest BCUT2D eigenvalue weighted by molar-refractivity contribution is -0.141. The molecule has 1 aromatic heterocycles. The normalized spacial score (nSPS) is 16.9. The maximum absolute atomic E-state index is 12.3. The van der Waals surface area contributed by atoms with Gasteiger partial charge in [-0.25, -0.2) is 4.98 Å². The smallest absolute Gasteiger partial charge is 0.229 e. The zero-order chi connectivity index (χ0) is 15.5. The third-order valence-electron chi connectivity index (χ3n) is 3.68. The molecule has 1 aromatic rings. The lowest BCUT2D eigenvalue weighted by atomic mass is 9.93. The van der Waals surface area contributed by atoms with Crippen molar-refractivity contribution in [3.8, 4) is 5.88 Å². The van der Waals surface area contributed by atoms with E-state index in [1.807, 2.05) is 25.7 Å². The van der Waals surface area contributed by atoms with Gasteiger partial charge < -0.3 is 9.64 Å². The van der Waals surface area contributed by atoms with Crippen molar-refractivity contribution in [2.24, 2.45) is 5.41 Å². The zero-order valence-corrected chi connectivity index (χ0v) is 13.6. The Kier molecular flexibility index (Phi) is 5.04. The molecule has 6 heteroatoms. The maximum Gasteiger partial charge on any atom is 0.229 e. The number of aryl methyl sites for hydroxylation is 1. The van der Waals surface area contributed by atoms with E-state index in [4.69, 9.17) is 16.3 Å². The first-order valence-corrected chi connectivity index (χ1v) is 7.77. The van der Waals surface area contributed by atoms with Gasteiger partial charge >= 0.3 is 0 Å². The molecule has 1 fully saturated rings. The summed E-state index contributed by atoms with van der Waals surface area (Å²) in [7, 11) is 0. The Morgan fingerprint density at radius 2 is 2.14 bits per heavy atom. The molecule has 21 heavy (non-hydrogen) atoms. The van der Waals surface area contributed by atoms with Crippen molar-refractivity contribution in [1.29, 1.82) is 0 Å². The monoisotopic (exact) mass is 311 g/mol. The van der Waals surface area contributed by atoms with Gasteiger partial charge in [-0.1, -0.05) is 0 Å². The highest BCUT2D eigenvalue weighted by Crippen LogP contribution is 2.24. The summed E-state index contributed by atoms with van der Waals surface area (Å²) in [6, 6.07) is 1.77. The summed E-state index contributed by atoms with van der Waals surface area (Å²) in [5.41, 5.74) is -0.501. The number of hydrogen-bond acceptors (Lipinski definition) is 4. The van der Waals surface area contributed by atoms with E-state index in [-0.39, 0.29) is 12.0 Å². The fourth-order valence-electron chi connectivity index (χ4n) is 2.33. The summed E-state index contributed by atoms with van der Waals surface area (Å²) < 4.78 is 5.86. The fourth-order valence-corrected chi connectivity index (χ4v) is 2.45. The third kappa shape index (κ3) is 4.06. The lowest BCUT2D eigenvalue weighted by Gasteiger charge is -2.36. The van der Waals surface area contributed by atoms with E-state index < -0.39 is 5.41 Å². The number of aromatic nitrogens is 2. The molecule has 116 valence electrons. The van der Waals surface area contributed by atoms with Gasteiger partial charge in [-0.05, 0) is 20.8 Å². The molecular formula is C15H22ClN3O2. The molecule has 0 unspecified atom stereocenters. The summed E-state index contributed by atoms with van der Waals surface area (Å²) in [5, 5.41) is 0. The molecule has 0 aliphatic carbocycles. The molecule has 0 spiro atoms. The first kappa shape index (κ1) is 16.0. The van der Waals surface area contributed by atoms with Crippen LogP contribution in [0.1, 0.15) is 32.5 Å². The van der Waals surface area contributed by atoms with Crippen LogP contribution in [0.3, 0.4) is 0 Å². The molecule has 0 radical (unpaired) electrons. The number of alkyl halides is 1. The molecule has 0 N–H and O–H groups in total. The maximum atomic E-state index is 12.3. The van der Waals surface area contributed by atoms with Crippen molar-refractivity contribution >= 4 is 17.5 Å². The van der Waals surface area contributed by atoms with Crippen LogP contribution in [0.2, 0.25) is 0 Å². The Morgan fingerprint density at radius 3 is 2.71 bits per heavy atom. The average molecular weight is 312 g/mol. The largest absolute Gasteiger partial charge is 0.474 e. The summed E-state index contributed by atoms with van der Waals surface area (Å²) in [4.78, 5) is 22.5. The quantitative estimate of drug-likeness (QED) is 0.801. The number of piperidine rings is 1. The zero-order valence-electron chi connectivity index (χ0n) is 12.8. The van der Waals surface area contributed by atoms with Gasteiger partial charge in [0.05, 0.1) is 5.41 Å². The van der Waals surface area contributed by atoms with Crippen LogP contribution >= 0.6 is 11.6 Å². The van der Waals surface area contributed by atoms with E-state index in [9.17, 15) is 4.79 Å². The van der Waals surface area contributed by atoms with Crippen LogP contribution in [0.25, 0.3) is 0 Å². The summed E-state index contributed by atoms with van der Waals surface area (Å²) in [6.45, 7) is 7.01. The SMILES string of the molecule is Cc1nccc(OC2CCN(C(=O)C(C)(C)CCl)CC2)n1. The number of carbonyl (C=O) groups is 1. The van der Waals surface area contributed by atoms with Gasteiger partial charge in [-0.2, -0.15) is 4.98 Å². The first-order chi connectivity index (χ1) is 9.92. The highest BCUT2D eigenvalue weighted by Gasteiger charge is 2.33. The van der Waals surface area contributed by atoms with Gasteiger partial charge in [-0.15, -0.1) is 11.6 Å². The minimum Gasteiger partial charge on any atom is -0.474 e. The van der Waals surface area contributed by atoms with Crippen molar-refractivity contribution in [2.75, 3.05) is 19.0 Å². The number of likely N-dealkylation sites (tertiary alicyclic amines) is 1.